The number of thiol groups is 1. The molecule has 3 nitrogen and oxygen atoms in total. The Kier molecular flexibility index (Phi) is 2.27. The highest BCUT2D eigenvalue weighted by Gasteiger charge is 2.08. The molecule has 0 aromatic carbocycles. The van der Waals surface area contributed by atoms with Crippen molar-refractivity contribution in [1.82, 2.24) is 0 Å². The largest absolute Gasteiger partial charge is 0.478 e. The predicted molar refractivity (Wildman–Crippen MR) is 30.8 cm³/mol. The molecule has 0 aliphatic heterocycles. The molecule has 0 fully saturated rings. The monoisotopic (exact) mass is 132 g/mol. The Morgan fingerprint density at radius 2 is 1.88 bits per heavy atom. The van der Waals surface area contributed by atoms with Crippen molar-refractivity contribution in [2.75, 3.05) is 0 Å². The molecule has 4 heteroatoms. The van der Waals surface area contributed by atoms with Gasteiger partial charge in [0.1, 0.15) is 5.57 Å². The van der Waals surface area contributed by atoms with Crippen LogP contribution in [0.5, 0.6) is 0 Å². The lowest BCUT2D eigenvalue weighted by Crippen LogP contribution is -2.04. The van der Waals surface area contributed by atoms with Crippen LogP contribution in [0.1, 0.15) is 0 Å². The molecule has 0 aromatic heterocycles. The Morgan fingerprint density at radius 3 is 1.88 bits per heavy atom. The summed E-state index contributed by atoms with van der Waals surface area (Å²) in [4.78, 5) is 19.7. The van der Waals surface area contributed by atoms with E-state index in [-0.39, 0.29) is 0 Å². The third kappa shape index (κ3) is 1.79. The van der Waals surface area contributed by atoms with Gasteiger partial charge in [0, 0.05) is 0 Å². The maximum absolute atomic E-state index is 9.97. The van der Waals surface area contributed by atoms with Gasteiger partial charge in [0.15, 0.2) is 0 Å². The molecule has 0 unspecified atom stereocenters. The minimum absolute atomic E-state index is 0.506. The summed E-state index contributed by atoms with van der Waals surface area (Å²) in [5.74, 6) is -1.33. The van der Waals surface area contributed by atoms with E-state index < -0.39 is 16.7 Å². The van der Waals surface area contributed by atoms with Gasteiger partial charge in [0.05, 0.1) is 0 Å². The Balaban J connectivity index is 4.05. The van der Waals surface area contributed by atoms with Crippen LogP contribution in [-0.2, 0) is 9.59 Å². The third-order valence-electron chi connectivity index (χ3n) is 0.516. The number of carbonyl (C=O) groups excluding carboxylic acids is 1. The van der Waals surface area contributed by atoms with Crippen LogP contribution >= 0.6 is 12.6 Å². The molecule has 0 radical (unpaired) electrons. The van der Waals surface area contributed by atoms with Crippen molar-refractivity contribution in [2.24, 2.45) is 0 Å². The second kappa shape index (κ2) is 2.52. The average molecular weight is 132 g/mol. The van der Waals surface area contributed by atoms with Crippen LogP contribution in [0.2, 0.25) is 0 Å². The second-order valence-corrected chi connectivity index (χ2v) is 1.50. The number of carboxylic acids is 1. The van der Waals surface area contributed by atoms with Gasteiger partial charge in [-0.15, -0.1) is 12.6 Å². The van der Waals surface area contributed by atoms with Crippen molar-refractivity contribution >= 4 is 23.7 Å². The first-order chi connectivity index (χ1) is 3.55. The summed E-state index contributed by atoms with van der Waals surface area (Å²) in [7, 11) is 0. The van der Waals surface area contributed by atoms with E-state index in [1.165, 1.54) is 0 Å². The standard InChI is InChI=1S/C4H4O3S/c1-2(3(5)6)4(7)8/h1H2,(H,5,6)(H,7,8). The molecule has 0 heterocycles. The van der Waals surface area contributed by atoms with Crippen LogP contribution in [0.4, 0.5) is 0 Å². The Morgan fingerprint density at radius 1 is 1.50 bits per heavy atom. The lowest BCUT2D eigenvalue weighted by atomic mass is 10.3. The zero-order valence-corrected chi connectivity index (χ0v) is 4.81. The lowest BCUT2D eigenvalue weighted by Gasteiger charge is -1.86. The van der Waals surface area contributed by atoms with Crippen molar-refractivity contribution < 1.29 is 14.7 Å². The molecule has 0 bridgehead atoms. The molecule has 0 saturated carbocycles. The van der Waals surface area contributed by atoms with Crippen molar-refractivity contribution in [3.8, 4) is 0 Å². The summed E-state index contributed by atoms with van der Waals surface area (Å²) in [5, 5.41) is 7.18. The van der Waals surface area contributed by atoms with Gasteiger partial charge in [-0.2, -0.15) is 0 Å². The van der Waals surface area contributed by atoms with Crippen LogP contribution in [-0.4, -0.2) is 16.2 Å². The van der Waals surface area contributed by atoms with Crippen molar-refractivity contribution in [3.63, 3.8) is 0 Å². The van der Waals surface area contributed by atoms with E-state index in [9.17, 15) is 9.59 Å². The van der Waals surface area contributed by atoms with Crippen LogP contribution in [0.3, 0.4) is 0 Å². The van der Waals surface area contributed by atoms with Gasteiger partial charge >= 0.3 is 5.97 Å². The first kappa shape index (κ1) is 7.23. The maximum atomic E-state index is 9.97. The Hall–Kier alpha value is -0.770. The molecule has 0 rings (SSSR count). The molecule has 0 aliphatic carbocycles. The summed E-state index contributed by atoms with van der Waals surface area (Å²) in [6.45, 7) is 2.93. The van der Waals surface area contributed by atoms with Gasteiger partial charge in [0.2, 0.25) is 5.12 Å². The molecule has 0 spiro atoms. The van der Waals surface area contributed by atoms with Crippen molar-refractivity contribution in [1.29, 1.82) is 0 Å². The topological polar surface area (TPSA) is 54.4 Å². The van der Waals surface area contributed by atoms with E-state index in [0.29, 0.717) is 0 Å². The second-order valence-electron chi connectivity index (χ2n) is 1.09. The number of carboxylic acid groups (broad SMARTS) is 1. The molecule has 0 saturated heterocycles. The van der Waals surface area contributed by atoms with Crippen molar-refractivity contribution in [2.45, 2.75) is 0 Å². The first-order valence-electron chi connectivity index (χ1n) is 1.71. The fraction of sp³-hybridized carbons (Fsp3) is 0. The summed E-state index contributed by atoms with van der Waals surface area (Å²) >= 11 is 3.21. The number of rotatable bonds is 2. The average Bonchev–Trinajstić information content (AvgIpc) is 1.64. The van der Waals surface area contributed by atoms with Gasteiger partial charge in [-0.1, -0.05) is 6.58 Å². The quantitative estimate of drug-likeness (QED) is 0.242. The molecule has 0 amide bonds. The number of aliphatic carboxylic acids is 1. The maximum Gasteiger partial charge on any atom is 0.339 e. The molecular formula is C4H4O3S. The highest BCUT2D eigenvalue weighted by molar-refractivity contribution is 7.97. The van der Waals surface area contributed by atoms with Gasteiger partial charge in [-0.25, -0.2) is 4.79 Å². The highest BCUT2D eigenvalue weighted by atomic mass is 32.1. The zero-order chi connectivity index (χ0) is 6.73. The SMILES string of the molecule is C=C(C(=O)O)C(=O)S. The van der Waals surface area contributed by atoms with Crippen LogP contribution in [0.15, 0.2) is 12.2 Å². The minimum atomic E-state index is -1.33. The Labute approximate surface area is 51.4 Å². The van der Waals surface area contributed by atoms with E-state index in [2.05, 4.69) is 19.2 Å². The summed E-state index contributed by atoms with van der Waals surface area (Å²) in [6.07, 6.45) is 0. The van der Waals surface area contributed by atoms with E-state index in [1.54, 1.807) is 0 Å². The van der Waals surface area contributed by atoms with Gasteiger partial charge < -0.3 is 5.11 Å². The Bertz CT molecular complexity index is 133. The number of carbonyl (C=O) groups is 2. The van der Waals surface area contributed by atoms with Crippen LogP contribution < -0.4 is 0 Å². The van der Waals surface area contributed by atoms with E-state index in [4.69, 9.17) is 5.11 Å². The highest BCUT2D eigenvalue weighted by Crippen LogP contribution is 1.94. The molecule has 0 aromatic rings. The molecular weight excluding hydrogens is 128 g/mol. The van der Waals surface area contributed by atoms with E-state index in [0.717, 1.165) is 0 Å². The zero-order valence-electron chi connectivity index (χ0n) is 3.92. The fourth-order valence-corrected chi connectivity index (χ4v) is 0.187. The van der Waals surface area contributed by atoms with Gasteiger partial charge in [-0.3, -0.25) is 4.79 Å². The summed E-state index contributed by atoms with van der Waals surface area (Å²) in [6, 6.07) is 0. The number of hydrogen-bond acceptors (Lipinski definition) is 2. The third-order valence-corrected chi connectivity index (χ3v) is 0.786. The molecule has 0 aliphatic rings. The van der Waals surface area contributed by atoms with Gasteiger partial charge in [0.25, 0.3) is 0 Å². The normalized spacial score (nSPS) is 8.12. The molecule has 44 valence electrons. The summed E-state index contributed by atoms with van der Waals surface area (Å²) in [5.41, 5.74) is -0.506. The summed E-state index contributed by atoms with van der Waals surface area (Å²) < 4.78 is 0. The fourth-order valence-electron chi connectivity index (χ4n) is 0.0915. The lowest BCUT2D eigenvalue weighted by molar-refractivity contribution is -0.133. The van der Waals surface area contributed by atoms with Crippen LogP contribution in [0, 0.1) is 0 Å². The molecule has 0 atom stereocenters. The molecule has 1 N–H and O–H groups in total. The first-order valence-corrected chi connectivity index (χ1v) is 2.16. The van der Waals surface area contributed by atoms with Crippen molar-refractivity contribution in [3.05, 3.63) is 12.2 Å². The van der Waals surface area contributed by atoms with Crippen LogP contribution in [0.25, 0.3) is 0 Å². The minimum Gasteiger partial charge on any atom is -0.478 e. The molecule has 8 heavy (non-hydrogen) atoms. The smallest absolute Gasteiger partial charge is 0.339 e. The van der Waals surface area contributed by atoms with E-state index in [1.807, 2.05) is 0 Å². The van der Waals surface area contributed by atoms with E-state index >= 15 is 0 Å². The number of hydrogen-bond donors (Lipinski definition) is 2. The predicted octanol–water partition coefficient (Wildman–Crippen LogP) is 0.0836. The van der Waals surface area contributed by atoms with Gasteiger partial charge in [-0.05, 0) is 0 Å².